The van der Waals surface area contributed by atoms with Gasteiger partial charge < -0.3 is 15.2 Å². The topological polar surface area (TPSA) is 75.6 Å². The van der Waals surface area contributed by atoms with Crippen LogP contribution in [0.1, 0.15) is 24.5 Å². The van der Waals surface area contributed by atoms with E-state index >= 15 is 0 Å². The van der Waals surface area contributed by atoms with Gasteiger partial charge in [-0.2, -0.15) is 0 Å². The van der Waals surface area contributed by atoms with E-state index in [4.69, 9.17) is 9.84 Å². The number of nitrogens with one attached hydrogen (secondary N) is 1. The Morgan fingerprint density at radius 2 is 2.29 bits per heavy atom. The predicted molar refractivity (Wildman–Crippen MR) is 78.5 cm³/mol. The lowest BCUT2D eigenvalue weighted by Crippen LogP contribution is -2.30. The molecule has 5 heteroatoms. The van der Waals surface area contributed by atoms with Crippen molar-refractivity contribution in [2.24, 2.45) is 5.92 Å². The summed E-state index contributed by atoms with van der Waals surface area (Å²) in [5, 5.41) is 11.5. The number of hydrogen-bond acceptors (Lipinski definition) is 3. The van der Waals surface area contributed by atoms with Gasteiger partial charge >= 0.3 is 5.97 Å². The molecule has 112 valence electrons. The van der Waals surface area contributed by atoms with Crippen LogP contribution in [0.2, 0.25) is 0 Å². The molecule has 1 fully saturated rings. The number of amides is 1. The summed E-state index contributed by atoms with van der Waals surface area (Å²) < 4.78 is 5.39. The second-order valence-electron chi connectivity index (χ2n) is 5.21. The fourth-order valence-corrected chi connectivity index (χ4v) is 2.31. The molecule has 1 aromatic carbocycles. The average molecular weight is 289 g/mol. The fraction of sp³-hybridized carbons (Fsp3) is 0.375. The van der Waals surface area contributed by atoms with Crippen molar-refractivity contribution in [3.63, 3.8) is 0 Å². The molecule has 2 atom stereocenters. The molecule has 1 amide bonds. The van der Waals surface area contributed by atoms with E-state index in [1.54, 1.807) is 0 Å². The van der Waals surface area contributed by atoms with Crippen molar-refractivity contribution < 1.29 is 19.4 Å². The van der Waals surface area contributed by atoms with E-state index in [0.717, 1.165) is 23.6 Å². The van der Waals surface area contributed by atoms with Gasteiger partial charge in [-0.3, -0.25) is 4.79 Å². The summed E-state index contributed by atoms with van der Waals surface area (Å²) in [6.07, 6.45) is 3.52. The molecule has 1 aliphatic heterocycles. The number of carboxylic acids is 1. The number of aliphatic carboxylic acids is 1. The highest BCUT2D eigenvalue weighted by Gasteiger charge is 2.27. The van der Waals surface area contributed by atoms with Crippen LogP contribution in [0.5, 0.6) is 0 Å². The molecule has 1 saturated heterocycles. The number of rotatable bonds is 5. The molecule has 2 unspecified atom stereocenters. The van der Waals surface area contributed by atoms with Crippen molar-refractivity contribution in [2.45, 2.75) is 26.0 Å². The summed E-state index contributed by atoms with van der Waals surface area (Å²) in [6, 6.07) is 7.40. The Balaban J connectivity index is 1.89. The first-order valence-electron chi connectivity index (χ1n) is 6.94. The van der Waals surface area contributed by atoms with Crippen LogP contribution in [-0.4, -0.2) is 29.7 Å². The molecular formula is C16H19NO4. The lowest BCUT2D eigenvalue weighted by Gasteiger charge is -2.10. The Morgan fingerprint density at radius 3 is 2.95 bits per heavy atom. The number of hydrogen-bond donors (Lipinski definition) is 2. The molecule has 21 heavy (non-hydrogen) atoms. The normalized spacial score (nSPS) is 21.6. The van der Waals surface area contributed by atoms with Crippen molar-refractivity contribution in [3.05, 3.63) is 41.5 Å². The molecule has 1 aromatic rings. The third kappa shape index (κ3) is 4.72. The minimum absolute atomic E-state index is 0.00540. The van der Waals surface area contributed by atoms with Gasteiger partial charge in [0.2, 0.25) is 5.91 Å². The minimum Gasteiger partial charge on any atom is -0.478 e. The maximum absolute atomic E-state index is 12.0. The van der Waals surface area contributed by atoms with Gasteiger partial charge in [0.25, 0.3) is 0 Å². The van der Waals surface area contributed by atoms with E-state index < -0.39 is 5.97 Å². The lowest BCUT2D eigenvalue weighted by molar-refractivity contribution is -0.131. The van der Waals surface area contributed by atoms with Gasteiger partial charge in [-0.1, -0.05) is 18.2 Å². The van der Waals surface area contributed by atoms with E-state index in [1.807, 2.05) is 31.2 Å². The third-order valence-electron chi connectivity index (χ3n) is 3.41. The Labute approximate surface area is 123 Å². The molecule has 0 bridgehead atoms. The van der Waals surface area contributed by atoms with E-state index in [-0.39, 0.29) is 17.9 Å². The van der Waals surface area contributed by atoms with Crippen LogP contribution in [0, 0.1) is 5.92 Å². The van der Waals surface area contributed by atoms with E-state index in [9.17, 15) is 9.59 Å². The van der Waals surface area contributed by atoms with Gasteiger partial charge in [-0.15, -0.1) is 0 Å². The molecule has 0 aromatic heterocycles. The molecule has 1 heterocycles. The first-order chi connectivity index (χ1) is 10.0. The van der Waals surface area contributed by atoms with Crippen LogP contribution in [0.4, 0.5) is 0 Å². The second-order valence-corrected chi connectivity index (χ2v) is 5.21. The molecule has 5 nitrogen and oxygen atoms in total. The quantitative estimate of drug-likeness (QED) is 0.811. The Kier molecular flexibility index (Phi) is 5.11. The Hall–Kier alpha value is -2.14. The summed E-state index contributed by atoms with van der Waals surface area (Å²) >= 11 is 0. The van der Waals surface area contributed by atoms with Crippen LogP contribution in [0.3, 0.4) is 0 Å². The number of carboxylic acid groups (broad SMARTS) is 1. The first kappa shape index (κ1) is 15.3. The first-order valence-corrected chi connectivity index (χ1v) is 6.94. The van der Waals surface area contributed by atoms with Gasteiger partial charge in [-0.25, -0.2) is 4.79 Å². The van der Waals surface area contributed by atoms with E-state index in [0.29, 0.717) is 13.2 Å². The van der Waals surface area contributed by atoms with Crippen molar-refractivity contribution in [1.29, 1.82) is 0 Å². The molecule has 2 rings (SSSR count). The third-order valence-corrected chi connectivity index (χ3v) is 3.41. The molecule has 0 spiro atoms. The second kappa shape index (κ2) is 7.04. The van der Waals surface area contributed by atoms with Crippen molar-refractivity contribution in [3.8, 4) is 0 Å². The van der Waals surface area contributed by atoms with Crippen LogP contribution < -0.4 is 5.32 Å². The zero-order chi connectivity index (χ0) is 15.2. The Bertz CT molecular complexity index is 553. The number of ether oxygens (including phenoxy) is 1. The summed E-state index contributed by atoms with van der Waals surface area (Å²) in [7, 11) is 0. The predicted octanol–water partition coefficient (Wildman–Crippen LogP) is 1.83. The SMILES string of the molecule is CC1CC(C(=O)NCc2cccc(/C=C/C(=O)O)c2)CO1. The highest BCUT2D eigenvalue weighted by atomic mass is 16.5. The highest BCUT2D eigenvalue weighted by Crippen LogP contribution is 2.19. The zero-order valence-electron chi connectivity index (χ0n) is 11.9. The summed E-state index contributed by atoms with van der Waals surface area (Å²) in [5.41, 5.74) is 1.73. The van der Waals surface area contributed by atoms with Crippen LogP contribution in [0.15, 0.2) is 30.3 Å². The zero-order valence-corrected chi connectivity index (χ0v) is 11.9. The van der Waals surface area contributed by atoms with Crippen LogP contribution in [-0.2, 0) is 20.9 Å². The maximum atomic E-state index is 12.0. The molecule has 2 N–H and O–H groups in total. The molecule has 0 radical (unpaired) electrons. The van der Waals surface area contributed by atoms with Crippen molar-refractivity contribution >= 4 is 18.0 Å². The number of benzene rings is 1. The maximum Gasteiger partial charge on any atom is 0.328 e. The summed E-state index contributed by atoms with van der Waals surface area (Å²) in [6.45, 7) is 2.87. The monoisotopic (exact) mass is 289 g/mol. The molecule has 1 aliphatic rings. The average Bonchev–Trinajstić information content (AvgIpc) is 2.90. The largest absolute Gasteiger partial charge is 0.478 e. The summed E-state index contributed by atoms with van der Waals surface area (Å²) in [4.78, 5) is 22.5. The smallest absolute Gasteiger partial charge is 0.328 e. The molecular weight excluding hydrogens is 270 g/mol. The van der Waals surface area contributed by atoms with Crippen molar-refractivity contribution in [1.82, 2.24) is 5.32 Å². The molecule has 0 aliphatic carbocycles. The number of carbonyl (C=O) groups excluding carboxylic acids is 1. The van der Waals surface area contributed by atoms with Crippen molar-refractivity contribution in [2.75, 3.05) is 6.61 Å². The van der Waals surface area contributed by atoms with Crippen LogP contribution in [0.25, 0.3) is 6.08 Å². The number of carbonyl (C=O) groups is 2. The fourth-order valence-electron chi connectivity index (χ4n) is 2.31. The van der Waals surface area contributed by atoms with E-state index in [2.05, 4.69) is 5.32 Å². The molecule has 0 saturated carbocycles. The Morgan fingerprint density at radius 1 is 1.48 bits per heavy atom. The van der Waals surface area contributed by atoms with Gasteiger partial charge in [0.15, 0.2) is 0 Å². The summed E-state index contributed by atoms with van der Waals surface area (Å²) in [5.74, 6) is -1.05. The lowest BCUT2D eigenvalue weighted by atomic mass is 10.1. The van der Waals surface area contributed by atoms with Crippen LogP contribution >= 0.6 is 0 Å². The van der Waals surface area contributed by atoms with Gasteiger partial charge in [0.05, 0.1) is 18.6 Å². The van der Waals surface area contributed by atoms with Gasteiger partial charge in [-0.05, 0) is 36.6 Å². The van der Waals surface area contributed by atoms with E-state index in [1.165, 1.54) is 6.08 Å². The standard InChI is InChI=1S/C16H19NO4/c1-11-7-14(10-21-11)16(20)17-9-13-4-2-3-12(8-13)5-6-15(18)19/h2-6,8,11,14H,7,9-10H2,1H3,(H,17,20)(H,18,19)/b6-5+. The van der Waals surface area contributed by atoms with Gasteiger partial charge in [0, 0.05) is 12.6 Å². The van der Waals surface area contributed by atoms with Gasteiger partial charge in [0.1, 0.15) is 0 Å². The minimum atomic E-state index is -0.982. The highest BCUT2D eigenvalue weighted by molar-refractivity contribution is 5.85.